The van der Waals surface area contributed by atoms with Gasteiger partial charge in [-0.25, -0.2) is 4.98 Å². The van der Waals surface area contributed by atoms with E-state index in [0.29, 0.717) is 6.54 Å². The molecule has 1 saturated heterocycles. The minimum atomic E-state index is 0.470. The first kappa shape index (κ1) is 11.5. The van der Waals surface area contributed by atoms with E-state index in [0.717, 1.165) is 43.2 Å². The molecule has 2 heterocycles. The second kappa shape index (κ2) is 4.59. The first-order chi connectivity index (χ1) is 8.79. The Kier molecular flexibility index (Phi) is 2.93. The number of anilines is 1. The van der Waals surface area contributed by atoms with Crippen LogP contribution in [0.1, 0.15) is 5.82 Å². The lowest BCUT2D eigenvalue weighted by atomic mass is 10.2. The summed E-state index contributed by atoms with van der Waals surface area (Å²) in [6, 6.07) is 6.40. The number of imidazole rings is 1. The first-order valence-electron chi connectivity index (χ1n) is 6.27. The van der Waals surface area contributed by atoms with Crippen molar-refractivity contribution >= 4 is 16.7 Å². The number of nitrogens with zero attached hydrogens (tertiary/aromatic N) is 3. The van der Waals surface area contributed by atoms with Gasteiger partial charge in [0.25, 0.3) is 0 Å². The standard InChI is InChI=1S/C13H18N4O/c1-16-12-3-2-10(17-4-6-18-7-5-17)8-11(12)15-13(16)9-14/h2-3,8H,4-7,9,14H2,1H3. The van der Waals surface area contributed by atoms with Crippen molar-refractivity contribution < 1.29 is 4.74 Å². The van der Waals surface area contributed by atoms with Crippen molar-refractivity contribution in [2.24, 2.45) is 12.8 Å². The fourth-order valence-electron chi connectivity index (χ4n) is 2.44. The number of rotatable bonds is 2. The van der Waals surface area contributed by atoms with Crippen LogP contribution in [0.25, 0.3) is 11.0 Å². The molecule has 18 heavy (non-hydrogen) atoms. The van der Waals surface area contributed by atoms with Gasteiger partial charge in [0.1, 0.15) is 5.82 Å². The number of hydrogen-bond acceptors (Lipinski definition) is 4. The molecule has 0 amide bonds. The van der Waals surface area contributed by atoms with Gasteiger partial charge in [-0.3, -0.25) is 0 Å². The van der Waals surface area contributed by atoms with Crippen molar-refractivity contribution in [1.82, 2.24) is 9.55 Å². The van der Waals surface area contributed by atoms with Crippen LogP contribution in [0.4, 0.5) is 5.69 Å². The lowest BCUT2D eigenvalue weighted by Gasteiger charge is -2.28. The van der Waals surface area contributed by atoms with Crippen molar-refractivity contribution in [3.8, 4) is 0 Å². The zero-order chi connectivity index (χ0) is 12.5. The summed E-state index contributed by atoms with van der Waals surface area (Å²) in [6.07, 6.45) is 0. The number of aromatic nitrogens is 2. The molecule has 2 N–H and O–H groups in total. The molecule has 0 bridgehead atoms. The van der Waals surface area contributed by atoms with E-state index >= 15 is 0 Å². The van der Waals surface area contributed by atoms with E-state index in [1.165, 1.54) is 5.69 Å². The highest BCUT2D eigenvalue weighted by Gasteiger charge is 2.13. The van der Waals surface area contributed by atoms with Crippen LogP contribution in [-0.2, 0) is 18.3 Å². The van der Waals surface area contributed by atoms with Crippen molar-refractivity contribution in [1.29, 1.82) is 0 Å². The SMILES string of the molecule is Cn1c(CN)nc2cc(N3CCOCC3)ccc21. The molecular weight excluding hydrogens is 228 g/mol. The number of aryl methyl sites for hydroxylation is 1. The van der Waals surface area contributed by atoms with Crippen LogP contribution in [-0.4, -0.2) is 35.9 Å². The predicted octanol–water partition coefficient (Wildman–Crippen LogP) is 0.869. The summed E-state index contributed by atoms with van der Waals surface area (Å²) in [5.41, 5.74) is 9.05. The molecule has 3 rings (SSSR count). The van der Waals surface area contributed by atoms with Gasteiger partial charge in [-0.05, 0) is 18.2 Å². The Bertz CT molecular complexity index is 557. The van der Waals surface area contributed by atoms with E-state index in [2.05, 4.69) is 32.7 Å². The maximum absolute atomic E-state index is 5.69. The van der Waals surface area contributed by atoms with Crippen LogP contribution < -0.4 is 10.6 Å². The van der Waals surface area contributed by atoms with Crippen molar-refractivity contribution in [2.75, 3.05) is 31.2 Å². The zero-order valence-electron chi connectivity index (χ0n) is 10.6. The first-order valence-corrected chi connectivity index (χ1v) is 6.27. The van der Waals surface area contributed by atoms with Crippen LogP contribution in [0.2, 0.25) is 0 Å². The van der Waals surface area contributed by atoms with Gasteiger partial charge in [-0.1, -0.05) is 0 Å². The molecule has 96 valence electrons. The topological polar surface area (TPSA) is 56.3 Å². The molecule has 0 atom stereocenters. The Morgan fingerprint density at radius 2 is 2.11 bits per heavy atom. The summed E-state index contributed by atoms with van der Waals surface area (Å²) in [4.78, 5) is 6.90. The second-order valence-electron chi connectivity index (χ2n) is 4.56. The van der Waals surface area contributed by atoms with E-state index in [1.807, 2.05) is 7.05 Å². The van der Waals surface area contributed by atoms with E-state index in [-0.39, 0.29) is 0 Å². The van der Waals surface area contributed by atoms with Crippen molar-refractivity contribution in [2.45, 2.75) is 6.54 Å². The monoisotopic (exact) mass is 246 g/mol. The Balaban J connectivity index is 2.00. The third-order valence-electron chi connectivity index (χ3n) is 3.52. The minimum absolute atomic E-state index is 0.470. The summed E-state index contributed by atoms with van der Waals surface area (Å²) in [5, 5.41) is 0. The summed E-state index contributed by atoms with van der Waals surface area (Å²) in [6.45, 7) is 3.96. The number of hydrogen-bond donors (Lipinski definition) is 1. The van der Waals surface area contributed by atoms with Gasteiger partial charge >= 0.3 is 0 Å². The van der Waals surface area contributed by atoms with E-state index in [4.69, 9.17) is 10.5 Å². The molecule has 1 aromatic heterocycles. The lowest BCUT2D eigenvalue weighted by Crippen LogP contribution is -2.36. The third kappa shape index (κ3) is 1.85. The van der Waals surface area contributed by atoms with Crippen LogP contribution in [0.15, 0.2) is 18.2 Å². The molecule has 0 radical (unpaired) electrons. The zero-order valence-corrected chi connectivity index (χ0v) is 10.6. The molecule has 0 saturated carbocycles. The Morgan fingerprint density at radius 1 is 1.33 bits per heavy atom. The van der Waals surface area contributed by atoms with Crippen molar-refractivity contribution in [3.63, 3.8) is 0 Å². The second-order valence-corrected chi connectivity index (χ2v) is 4.56. The average Bonchev–Trinajstić information content (AvgIpc) is 2.76. The summed E-state index contributed by atoms with van der Waals surface area (Å²) in [5.74, 6) is 0.920. The molecule has 0 unspecified atom stereocenters. The molecular formula is C13H18N4O. The normalized spacial score (nSPS) is 16.4. The lowest BCUT2D eigenvalue weighted by molar-refractivity contribution is 0.122. The van der Waals surface area contributed by atoms with Gasteiger partial charge in [0.05, 0.1) is 30.8 Å². The number of benzene rings is 1. The molecule has 1 fully saturated rings. The Morgan fingerprint density at radius 3 is 2.83 bits per heavy atom. The molecule has 5 nitrogen and oxygen atoms in total. The highest BCUT2D eigenvalue weighted by molar-refractivity contribution is 5.80. The van der Waals surface area contributed by atoms with E-state index in [1.54, 1.807) is 0 Å². The third-order valence-corrected chi connectivity index (χ3v) is 3.52. The van der Waals surface area contributed by atoms with Crippen LogP contribution in [0.5, 0.6) is 0 Å². The number of ether oxygens (including phenoxy) is 1. The molecule has 0 aliphatic carbocycles. The van der Waals surface area contributed by atoms with Gasteiger partial charge in [-0.15, -0.1) is 0 Å². The highest BCUT2D eigenvalue weighted by atomic mass is 16.5. The minimum Gasteiger partial charge on any atom is -0.378 e. The number of morpholine rings is 1. The molecule has 1 aliphatic heterocycles. The van der Waals surface area contributed by atoms with Gasteiger partial charge in [0.2, 0.25) is 0 Å². The van der Waals surface area contributed by atoms with Crippen LogP contribution in [0, 0.1) is 0 Å². The van der Waals surface area contributed by atoms with E-state index in [9.17, 15) is 0 Å². The van der Waals surface area contributed by atoms with Crippen molar-refractivity contribution in [3.05, 3.63) is 24.0 Å². The Labute approximate surface area is 106 Å². The van der Waals surface area contributed by atoms with Crippen LogP contribution in [0.3, 0.4) is 0 Å². The van der Waals surface area contributed by atoms with Gasteiger partial charge < -0.3 is 19.9 Å². The summed E-state index contributed by atoms with van der Waals surface area (Å²) < 4.78 is 7.43. The predicted molar refractivity (Wildman–Crippen MR) is 71.6 cm³/mol. The highest BCUT2D eigenvalue weighted by Crippen LogP contribution is 2.23. The maximum atomic E-state index is 5.69. The van der Waals surface area contributed by atoms with Gasteiger partial charge in [0.15, 0.2) is 0 Å². The molecule has 2 aromatic rings. The smallest absolute Gasteiger partial charge is 0.123 e. The van der Waals surface area contributed by atoms with Crippen LogP contribution >= 0.6 is 0 Å². The Hall–Kier alpha value is -1.59. The largest absolute Gasteiger partial charge is 0.378 e. The fraction of sp³-hybridized carbons (Fsp3) is 0.462. The molecule has 1 aromatic carbocycles. The average molecular weight is 246 g/mol. The number of fused-ring (bicyclic) bond motifs is 1. The summed E-state index contributed by atoms with van der Waals surface area (Å²) >= 11 is 0. The van der Waals surface area contributed by atoms with E-state index < -0.39 is 0 Å². The molecule has 0 spiro atoms. The summed E-state index contributed by atoms with van der Waals surface area (Å²) in [7, 11) is 2.01. The fourth-order valence-corrected chi connectivity index (χ4v) is 2.44. The van der Waals surface area contributed by atoms with Gasteiger partial charge in [-0.2, -0.15) is 0 Å². The van der Waals surface area contributed by atoms with Gasteiger partial charge in [0, 0.05) is 25.8 Å². The molecule has 5 heteroatoms. The molecule has 1 aliphatic rings. The number of nitrogens with two attached hydrogens (primary N) is 1. The maximum Gasteiger partial charge on any atom is 0.123 e. The quantitative estimate of drug-likeness (QED) is 0.854.